The molecule has 2 aliphatic carbocycles. The Morgan fingerprint density at radius 3 is 2.44 bits per heavy atom. The Morgan fingerprint density at radius 2 is 1.78 bits per heavy atom. The number of anilines is 1. The van der Waals surface area contributed by atoms with Gasteiger partial charge in [-0.05, 0) is 67.6 Å². The molecule has 4 N–H and O–H groups in total. The molecule has 5 heteroatoms. The predicted molar refractivity (Wildman–Crippen MR) is 104 cm³/mol. The maximum atomic E-state index is 12.9. The number of hydrogen-bond acceptors (Lipinski definition) is 3. The van der Waals surface area contributed by atoms with Crippen molar-refractivity contribution in [2.75, 3.05) is 5.32 Å². The van der Waals surface area contributed by atoms with Gasteiger partial charge in [-0.15, -0.1) is 0 Å². The minimum Gasteiger partial charge on any atom is -0.504 e. The summed E-state index contributed by atoms with van der Waals surface area (Å²) < 4.78 is 0. The molecular formula is C22H22N2O3. The summed E-state index contributed by atoms with van der Waals surface area (Å²) >= 11 is 0. The zero-order valence-electron chi connectivity index (χ0n) is 15.2. The first-order valence-electron chi connectivity index (χ1n) is 9.37. The Labute approximate surface area is 157 Å². The van der Waals surface area contributed by atoms with Gasteiger partial charge in [0, 0.05) is 27.7 Å². The molecule has 5 nitrogen and oxygen atoms in total. The normalized spacial score (nSPS) is 19.0. The fourth-order valence-corrected chi connectivity index (χ4v) is 3.84. The summed E-state index contributed by atoms with van der Waals surface area (Å²) in [6.07, 6.45) is 3.90. The van der Waals surface area contributed by atoms with Crippen molar-refractivity contribution in [2.24, 2.45) is 0 Å². The van der Waals surface area contributed by atoms with Crippen LogP contribution in [0.15, 0.2) is 42.5 Å². The van der Waals surface area contributed by atoms with Crippen molar-refractivity contribution >= 4 is 22.5 Å². The standard InChI is InChI=1S/C22H22N2O3/c1-21(6-7-21)19-11-13-10-15(3-4-16(13)24-19)23-20(27)22(8-9-22)14-2-5-17(25)18(26)12-14/h2-5,10-12,24-26H,6-9H2,1H3,(H,23,27). The zero-order chi connectivity index (χ0) is 18.8. The highest BCUT2D eigenvalue weighted by Gasteiger charge is 2.51. The summed E-state index contributed by atoms with van der Waals surface area (Å²) in [4.78, 5) is 16.4. The van der Waals surface area contributed by atoms with E-state index in [-0.39, 0.29) is 22.8 Å². The second kappa shape index (κ2) is 5.28. The Kier molecular flexibility index (Phi) is 3.18. The average Bonchev–Trinajstić information content (AvgIpc) is 3.55. The van der Waals surface area contributed by atoms with Crippen molar-refractivity contribution in [2.45, 2.75) is 43.4 Å². The van der Waals surface area contributed by atoms with Crippen LogP contribution in [0.25, 0.3) is 10.9 Å². The van der Waals surface area contributed by atoms with Gasteiger partial charge < -0.3 is 20.5 Å². The van der Waals surface area contributed by atoms with E-state index in [4.69, 9.17) is 0 Å². The van der Waals surface area contributed by atoms with Crippen LogP contribution < -0.4 is 5.32 Å². The maximum absolute atomic E-state index is 12.9. The van der Waals surface area contributed by atoms with Crippen molar-refractivity contribution in [3.63, 3.8) is 0 Å². The van der Waals surface area contributed by atoms with Crippen molar-refractivity contribution in [1.82, 2.24) is 4.98 Å². The SMILES string of the molecule is CC1(c2cc3cc(NC(=O)C4(c5ccc(O)c(O)c5)CC4)ccc3[nH]2)CC1. The third-order valence-corrected chi connectivity index (χ3v) is 6.24. The zero-order valence-corrected chi connectivity index (χ0v) is 15.2. The van der Waals surface area contributed by atoms with E-state index in [1.165, 1.54) is 30.7 Å². The van der Waals surface area contributed by atoms with E-state index in [1.807, 2.05) is 18.2 Å². The van der Waals surface area contributed by atoms with E-state index < -0.39 is 5.41 Å². The molecule has 3 aromatic rings. The second-order valence-electron chi connectivity index (χ2n) is 8.29. The largest absolute Gasteiger partial charge is 0.504 e. The maximum Gasteiger partial charge on any atom is 0.235 e. The molecule has 138 valence electrons. The lowest BCUT2D eigenvalue weighted by Crippen LogP contribution is -2.27. The molecule has 0 saturated heterocycles. The second-order valence-corrected chi connectivity index (χ2v) is 8.29. The van der Waals surface area contributed by atoms with Crippen LogP contribution in [-0.4, -0.2) is 21.1 Å². The van der Waals surface area contributed by atoms with Crippen molar-refractivity contribution < 1.29 is 15.0 Å². The summed E-state index contributed by atoms with van der Waals surface area (Å²) in [7, 11) is 0. The molecule has 2 fully saturated rings. The van der Waals surface area contributed by atoms with Crippen LogP contribution in [0.4, 0.5) is 5.69 Å². The molecule has 5 rings (SSSR count). The lowest BCUT2D eigenvalue weighted by molar-refractivity contribution is -0.118. The lowest BCUT2D eigenvalue weighted by atomic mass is 9.94. The summed E-state index contributed by atoms with van der Waals surface area (Å²) in [5.41, 5.74) is 3.52. The Morgan fingerprint density at radius 1 is 1.00 bits per heavy atom. The fraction of sp³-hybridized carbons (Fsp3) is 0.318. The number of aromatic hydroxyl groups is 2. The van der Waals surface area contributed by atoms with E-state index in [2.05, 4.69) is 23.3 Å². The quantitative estimate of drug-likeness (QED) is 0.522. The molecule has 0 atom stereocenters. The first-order valence-corrected chi connectivity index (χ1v) is 9.37. The molecule has 0 bridgehead atoms. The molecule has 0 spiro atoms. The van der Waals surface area contributed by atoms with Gasteiger partial charge in [0.25, 0.3) is 0 Å². The summed E-state index contributed by atoms with van der Waals surface area (Å²) in [6.45, 7) is 2.27. The van der Waals surface area contributed by atoms with Crippen molar-refractivity contribution in [3.05, 3.63) is 53.7 Å². The Hall–Kier alpha value is -2.95. The van der Waals surface area contributed by atoms with Crippen molar-refractivity contribution in [1.29, 1.82) is 0 Å². The number of aromatic amines is 1. The minimum atomic E-state index is -0.620. The van der Waals surface area contributed by atoms with Crippen LogP contribution in [-0.2, 0) is 15.6 Å². The van der Waals surface area contributed by atoms with Crippen LogP contribution in [0, 0.1) is 0 Å². The molecule has 2 aliphatic rings. The highest BCUT2D eigenvalue weighted by Crippen LogP contribution is 2.51. The Bertz CT molecular complexity index is 1070. The van der Waals surface area contributed by atoms with E-state index in [9.17, 15) is 15.0 Å². The molecule has 1 amide bonds. The molecule has 27 heavy (non-hydrogen) atoms. The molecule has 1 aromatic heterocycles. The van der Waals surface area contributed by atoms with Crippen LogP contribution >= 0.6 is 0 Å². The van der Waals surface area contributed by atoms with Gasteiger partial charge in [0.1, 0.15) is 0 Å². The number of carbonyl (C=O) groups is 1. The van der Waals surface area contributed by atoms with Crippen LogP contribution in [0.2, 0.25) is 0 Å². The van der Waals surface area contributed by atoms with Gasteiger partial charge in [-0.2, -0.15) is 0 Å². The molecule has 0 aliphatic heterocycles. The average molecular weight is 362 g/mol. The van der Waals surface area contributed by atoms with E-state index in [0.29, 0.717) is 0 Å². The van der Waals surface area contributed by atoms with Gasteiger partial charge >= 0.3 is 0 Å². The molecule has 2 saturated carbocycles. The van der Waals surface area contributed by atoms with Crippen LogP contribution in [0.1, 0.15) is 43.9 Å². The number of H-pyrrole nitrogens is 1. The van der Waals surface area contributed by atoms with Crippen LogP contribution in [0.3, 0.4) is 0 Å². The molecule has 1 heterocycles. The first kappa shape index (κ1) is 16.2. The van der Waals surface area contributed by atoms with Gasteiger partial charge in [-0.3, -0.25) is 4.79 Å². The van der Waals surface area contributed by atoms with E-state index in [1.54, 1.807) is 6.07 Å². The highest BCUT2D eigenvalue weighted by atomic mass is 16.3. The summed E-state index contributed by atoms with van der Waals surface area (Å²) in [5.74, 6) is -0.439. The fourth-order valence-electron chi connectivity index (χ4n) is 3.84. The number of nitrogens with one attached hydrogen (secondary N) is 2. The van der Waals surface area contributed by atoms with Gasteiger partial charge in [-0.25, -0.2) is 0 Å². The molecular weight excluding hydrogens is 340 g/mol. The Balaban J connectivity index is 1.41. The number of amides is 1. The molecule has 0 unspecified atom stereocenters. The summed E-state index contributed by atoms with van der Waals surface area (Å²) in [6, 6.07) is 12.7. The smallest absolute Gasteiger partial charge is 0.235 e. The number of rotatable bonds is 4. The third-order valence-electron chi connectivity index (χ3n) is 6.24. The molecule has 0 radical (unpaired) electrons. The molecule has 2 aromatic carbocycles. The number of aromatic nitrogens is 1. The monoisotopic (exact) mass is 362 g/mol. The van der Waals surface area contributed by atoms with Gasteiger partial charge in [0.2, 0.25) is 5.91 Å². The third kappa shape index (κ3) is 2.57. The number of carbonyl (C=O) groups excluding carboxylic acids is 1. The van der Waals surface area contributed by atoms with E-state index in [0.717, 1.165) is 35.0 Å². The summed E-state index contributed by atoms with van der Waals surface area (Å²) in [5, 5.41) is 23.4. The van der Waals surface area contributed by atoms with Crippen molar-refractivity contribution in [3.8, 4) is 11.5 Å². The van der Waals surface area contributed by atoms with Crippen LogP contribution in [0.5, 0.6) is 11.5 Å². The van der Waals surface area contributed by atoms with E-state index >= 15 is 0 Å². The highest BCUT2D eigenvalue weighted by molar-refractivity contribution is 6.02. The topological polar surface area (TPSA) is 85.3 Å². The number of benzene rings is 2. The lowest BCUT2D eigenvalue weighted by Gasteiger charge is -2.16. The number of fused-ring (bicyclic) bond motifs is 1. The van der Waals surface area contributed by atoms with Gasteiger partial charge in [0.15, 0.2) is 11.5 Å². The predicted octanol–water partition coefficient (Wildman–Crippen LogP) is 4.30. The van der Waals surface area contributed by atoms with Gasteiger partial charge in [-0.1, -0.05) is 13.0 Å². The first-order chi connectivity index (χ1) is 12.9. The minimum absolute atomic E-state index is 0.0724. The number of phenols is 2. The number of hydrogen-bond donors (Lipinski definition) is 4. The van der Waals surface area contributed by atoms with Gasteiger partial charge in [0.05, 0.1) is 5.41 Å². The number of phenolic OH excluding ortho intramolecular Hbond substituents is 2.